The number of rotatable bonds is 1. The van der Waals surface area contributed by atoms with Crippen LogP contribution in [-0.2, 0) is 4.74 Å². The fourth-order valence-corrected chi connectivity index (χ4v) is 0.647. The van der Waals surface area contributed by atoms with E-state index in [4.69, 9.17) is 4.74 Å². The van der Waals surface area contributed by atoms with Gasteiger partial charge in [0.25, 0.3) is 6.02 Å². The Hall–Kier alpha value is -0.990. The standard InChI is InChI=1S/C6H10N2O/c1-3-5-4-9-6(7-2)8-5/h3,5H,1,4H2,2H3,(H,7,8)/t5-/m0/s1. The Morgan fingerprint density at radius 3 is 3.11 bits per heavy atom. The molecule has 1 aliphatic rings. The van der Waals surface area contributed by atoms with E-state index in [0.29, 0.717) is 12.6 Å². The number of amidine groups is 1. The lowest BCUT2D eigenvalue weighted by Crippen LogP contribution is -2.17. The molecule has 3 heteroatoms. The minimum Gasteiger partial charge on any atom is -0.463 e. The quantitative estimate of drug-likeness (QED) is 0.507. The van der Waals surface area contributed by atoms with Gasteiger partial charge in [0.1, 0.15) is 12.6 Å². The van der Waals surface area contributed by atoms with E-state index in [9.17, 15) is 0 Å². The van der Waals surface area contributed by atoms with Crippen molar-refractivity contribution < 1.29 is 4.74 Å². The smallest absolute Gasteiger partial charge is 0.285 e. The molecule has 0 aromatic carbocycles. The van der Waals surface area contributed by atoms with Crippen LogP contribution < -0.4 is 5.32 Å². The van der Waals surface area contributed by atoms with Crippen LogP contribution in [-0.4, -0.2) is 25.7 Å². The summed E-state index contributed by atoms with van der Waals surface area (Å²) in [5.74, 6) is 0. The molecule has 9 heavy (non-hydrogen) atoms. The third kappa shape index (κ3) is 1.22. The maximum Gasteiger partial charge on any atom is 0.285 e. The lowest BCUT2D eigenvalue weighted by atomic mass is 10.3. The second-order valence-corrected chi connectivity index (χ2v) is 1.80. The van der Waals surface area contributed by atoms with Crippen LogP contribution in [0.4, 0.5) is 0 Å². The third-order valence-corrected chi connectivity index (χ3v) is 1.16. The fourth-order valence-electron chi connectivity index (χ4n) is 0.647. The summed E-state index contributed by atoms with van der Waals surface area (Å²) in [5.41, 5.74) is 0. The molecule has 0 aliphatic carbocycles. The first-order valence-corrected chi connectivity index (χ1v) is 2.87. The van der Waals surface area contributed by atoms with E-state index >= 15 is 0 Å². The highest BCUT2D eigenvalue weighted by molar-refractivity contribution is 5.75. The summed E-state index contributed by atoms with van der Waals surface area (Å²) < 4.78 is 5.07. The van der Waals surface area contributed by atoms with Crippen molar-refractivity contribution in [3.05, 3.63) is 12.7 Å². The molecule has 0 radical (unpaired) electrons. The van der Waals surface area contributed by atoms with Crippen LogP contribution in [0.1, 0.15) is 0 Å². The first-order chi connectivity index (χ1) is 4.36. The first-order valence-electron chi connectivity index (χ1n) is 2.87. The summed E-state index contributed by atoms with van der Waals surface area (Å²) in [5, 5.41) is 2.81. The van der Waals surface area contributed by atoms with Gasteiger partial charge >= 0.3 is 0 Å². The van der Waals surface area contributed by atoms with Crippen LogP contribution in [0.2, 0.25) is 0 Å². The number of hydrogen-bond acceptors (Lipinski definition) is 3. The monoisotopic (exact) mass is 126 g/mol. The van der Waals surface area contributed by atoms with Crippen molar-refractivity contribution in [1.82, 2.24) is 5.32 Å². The summed E-state index contributed by atoms with van der Waals surface area (Å²) in [4.78, 5) is 4.09. The summed E-state index contributed by atoms with van der Waals surface area (Å²) in [6.45, 7) is 4.22. The van der Waals surface area contributed by atoms with Gasteiger partial charge in [-0.2, -0.15) is 0 Å². The molecule has 0 fully saturated rings. The first kappa shape index (κ1) is 6.13. The van der Waals surface area contributed by atoms with Gasteiger partial charge in [-0.15, -0.1) is 6.58 Å². The molecule has 50 valence electrons. The Bertz CT molecular complexity index is 142. The maximum absolute atomic E-state index is 5.07. The maximum atomic E-state index is 5.07. The lowest BCUT2D eigenvalue weighted by molar-refractivity contribution is 0.320. The summed E-state index contributed by atoms with van der Waals surface area (Å²) in [6.07, 6.45) is 1.77. The molecule has 0 bridgehead atoms. The van der Waals surface area contributed by atoms with Crippen LogP contribution in [0, 0.1) is 0 Å². The second-order valence-electron chi connectivity index (χ2n) is 1.80. The minimum absolute atomic E-state index is 0.146. The molecule has 1 N–H and O–H groups in total. The average Bonchev–Trinajstić information content (AvgIpc) is 2.34. The highest BCUT2D eigenvalue weighted by atomic mass is 16.5. The van der Waals surface area contributed by atoms with Crippen LogP contribution in [0.3, 0.4) is 0 Å². The van der Waals surface area contributed by atoms with Gasteiger partial charge in [0.2, 0.25) is 0 Å². The second kappa shape index (κ2) is 2.53. The Morgan fingerprint density at radius 2 is 2.78 bits per heavy atom. The zero-order valence-corrected chi connectivity index (χ0v) is 5.42. The van der Waals surface area contributed by atoms with E-state index in [1.165, 1.54) is 0 Å². The normalized spacial score (nSPS) is 24.6. The Labute approximate surface area is 54.4 Å². The van der Waals surface area contributed by atoms with Crippen molar-refractivity contribution in [2.75, 3.05) is 13.7 Å². The molecule has 0 aromatic heterocycles. The van der Waals surface area contributed by atoms with E-state index in [1.54, 1.807) is 13.1 Å². The van der Waals surface area contributed by atoms with Crippen LogP contribution in [0.15, 0.2) is 17.6 Å². The van der Waals surface area contributed by atoms with Crippen LogP contribution >= 0.6 is 0 Å². The van der Waals surface area contributed by atoms with Crippen LogP contribution in [0.25, 0.3) is 0 Å². The number of nitrogens with one attached hydrogen (secondary N) is 1. The molecule has 0 amide bonds. The van der Waals surface area contributed by atoms with E-state index in [2.05, 4.69) is 16.9 Å². The number of nitrogens with zero attached hydrogens (tertiary/aromatic N) is 1. The molecule has 0 saturated carbocycles. The van der Waals surface area contributed by atoms with Crippen molar-refractivity contribution in [1.29, 1.82) is 0 Å². The summed E-state index contributed by atoms with van der Waals surface area (Å²) in [7, 11) is 1.78. The Morgan fingerprint density at radius 1 is 2.00 bits per heavy atom. The van der Waals surface area contributed by atoms with E-state index in [0.717, 1.165) is 0 Å². The number of aliphatic imine (C=N–C) groups is 1. The molecule has 0 spiro atoms. The number of ether oxygens (including phenoxy) is 1. The molecule has 1 rings (SSSR count). The highest BCUT2D eigenvalue weighted by Crippen LogP contribution is 2.01. The third-order valence-electron chi connectivity index (χ3n) is 1.16. The largest absolute Gasteiger partial charge is 0.463 e. The van der Waals surface area contributed by atoms with Gasteiger partial charge in [0, 0.05) is 7.05 Å². The van der Waals surface area contributed by atoms with Gasteiger partial charge in [0.15, 0.2) is 0 Å². The van der Waals surface area contributed by atoms with Gasteiger partial charge in [-0.1, -0.05) is 6.08 Å². The van der Waals surface area contributed by atoms with Crippen molar-refractivity contribution >= 4 is 6.02 Å². The predicted molar refractivity (Wildman–Crippen MR) is 36.4 cm³/mol. The van der Waals surface area contributed by atoms with Crippen molar-refractivity contribution in [3.8, 4) is 0 Å². The van der Waals surface area contributed by atoms with Crippen molar-refractivity contribution in [2.24, 2.45) is 4.99 Å². The molecule has 0 saturated heterocycles. The van der Waals surface area contributed by atoms with E-state index in [1.807, 2.05) is 0 Å². The van der Waals surface area contributed by atoms with Crippen molar-refractivity contribution in [3.63, 3.8) is 0 Å². The molecule has 1 heterocycles. The zero-order chi connectivity index (χ0) is 6.69. The van der Waals surface area contributed by atoms with Crippen molar-refractivity contribution in [2.45, 2.75) is 6.04 Å². The van der Waals surface area contributed by atoms with Gasteiger partial charge in [-0.05, 0) is 0 Å². The Balaban J connectivity index is 2.49. The molecule has 3 nitrogen and oxygen atoms in total. The van der Waals surface area contributed by atoms with Crippen LogP contribution in [0.5, 0.6) is 0 Å². The fraction of sp³-hybridized carbons (Fsp3) is 0.500. The number of hydrogen-bond donors (Lipinski definition) is 1. The minimum atomic E-state index is 0.146. The molecular formula is C6H10N2O. The molecule has 0 aromatic rings. The summed E-state index contributed by atoms with van der Waals surface area (Å²) >= 11 is 0. The zero-order valence-electron chi connectivity index (χ0n) is 5.42. The predicted octanol–water partition coefficient (Wildman–Crippen LogP) is 0.147. The molecule has 0 unspecified atom stereocenters. The molecule has 1 atom stereocenters. The highest BCUT2D eigenvalue weighted by Gasteiger charge is 2.12. The van der Waals surface area contributed by atoms with E-state index < -0.39 is 0 Å². The van der Waals surface area contributed by atoms with Gasteiger partial charge in [-0.3, -0.25) is 0 Å². The van der Waals surface area contributed by atoms with Gasteiger partial charge < -0.3 is 10.1 Å². The Kier molecular flexibility index (Phi) is 1.72. The molecular weight excluding hydrogens is 116 g/mol. The van der Waals surface area contributed by atoms with Gasteiger partial charge in [-0.25, -0.2) is 4.99 Å². The lowest BCUT2D eigenvalue weighted by Gasteiger charge is -1.95. The average molecular weight is 126 g/mol. The molecule has 1 aliphatic heterocycles. The van der Waals surface area contributed by atoms with E-state index in [-0.39, 0.29) is 6.04 Å². The summed E-state index contributed by atoms with van der Waals surface area (Å²) in [6, 6.07) is 0.757. The SMILES string of the molecule is C=C[C@H]1COC(NC)=N1. The topological polar surface area (TPSA) is 33.6 Å². The van der Waals surface area contributed by atoms with Gasteiger partial charge in [0.05, 0.1) is 0 Å².